The second kappa shape index (κ2) is 5.28. The number of allylic oxidation sites excluding steroid dienone is 3. The van der Waals surface area contributed by atoms with Gasteiger partial charge in [-0.05, 0) is 17.8 Å². The van der Waals surface area contributed by atoms with E-state index in [0.29, 0.717) is 17.8 Å². The molecular weight excluding hydrogens is 225 g/mol. The van der Waals surface area contributed by atoms with E-state index in [1.807, 2.05) is 0 Å². The van der Waals surface area contributed by atoms with E-state index in [1.165, 1.54) is 6.07 Å². The van der Waals surface area contributed by atoms with Gasteiger partial charge in [-0.1, -0.05) is 13.2 Å². The molecule has 0 aliphatic heterocycles. The zero-order chi connectivity index (χ0) is 12.1. The molecule has 6 heteroatoms. The fourth-order valence-corrected chi connectivity index (χ4v) is 0.943. The molecule has 0 N–H and O–H groups in total. The van der Waals surface area contributed by atoms with Crippen molar-refractivity contribution in [2.45, 2.75) is 6.18 Å². The molecule has 0 heterocycles. The number of nitriles is 2. The van der Waals surface area contributed by atoms with Gasteiger partial charge in [0.25, 0.3) is 0 Å². The van der Waals surface area contributed by atoms with Gasteiger partial charge in [0.1, 0.15) is 5.40 Å². The van der Waals surface area contributed by atoms with Gasteiger partial charge in [-0.15, -0.1) is 0 Å². The van der Waals surface area contributed by atoms with Crippen LogP contribution < -0.4 is 0 Å². The molecule has 0 saturated carbocycles. The van der Waals surface area contributed by atoms with Crippen molar-refractivity contribution >= 4 is 11.8 Å². The van der Waals surface area contributed by atoms with Crippen LogP contribution >= 0.6 is 11.8 Å². The van der Waals surface area contributed by atoms with Crippen molar-refractivity contribution in [3.8, 4) is 11.5 Å². The predicted molar refractivity (Wildman–Crippen MR) is 51.2 cm³/mol. The normalized spacial score (nSPS) is 11.4. The summed E-state index contributed by atoms with van der Waals surface area (Å²) >= 11 is 0.488. The Morgan fingerprint density at radius 1 is 1.27 bits per heavy atom. The lowest BCUT2D eigenvalue weighted by atomic mass is 10.1. The van der Waals surface area contributed by atoms with Crippen molar-refractivity contribution in [3.05, 3.63) is 35.3 Å². The van der Waals surface area contributed by atoms with E-state index in [9.17, 15) is 13.2 Å². The van der Waals surface area contributed by atoms with Crippen LogP contribution in [0.15, 0.2) is 35.3 Å². The molecule has 0 aromatic heterocycles. The maximum Gasteiger partial charge on any atom is 0.417 e. The van der Waals surface area contributed by atoms with Crippen molar-refractivity contribution in [3.63, 3.8) is 0 Å². The lowest BCUT2D eigenvalue weighted by Gasteiger charge is -2.09. The average molecular weight is 230 g/mol. The number of rotatable bonds is 3. The highest BCUT2D eigenvalue weighted by molar-refractivity contribution is 8.07. The molecule has 0 aliphatic carbocycles. The van der Waals surface area contributed by atoms with E-state index >= 15 is 0 Å². The molecule has 0 spiro atoms. The highest BCUT2D eigenvalue weighted by Gasteiger charge is 2.35. The minimum atomic E-state index is -4.67. The Morgan fingerprint density at radius 2 is 1.80 bits per heavy atom. The van der Waals surface area contributed by atoms with Crippen LogP contribution in [0.5, 0.6) is 0 Å². The number of alkyl halides is 3. The molecule has 0 rings (SSSR count). The molecule has 0 saturated heterocycles. The van der Waals surface area contributed by atoms with Crippen molar-refractivity contribution < 1.29 is 13.2 Å². The molecule has 0 bridgehead atoms. The van der Waals surface area contributed by atoms with Crippen LogP contribution in [0.25, 0.3) is 0 Å². The van der Waals surface area contributed by atoms with Crippen LogP contribution in [0.2, 0.25) is 0 Å². The maximum absolute atomic E-state index is 12.3. The standard InChI is InChI=1S/C9H5F3N2S/c1-6(4-13)8(9(10,11)12)3-7(2)15-5-14/h3H,1-2H2/b8-3+. The fraction of sp³-hybridized carbons (Fsp3) is 0.111. The number of hydrogen-bond donors (Lipinski definition) is 0. The molecule has 0 aromatic rings. The molecule has 15 heavy (non-hydrogen) atoms. The van der Waals surface area contributed by atoms with Gasteiger partial charge < -0.3 is 0 Å². The SMILES string of the molecule is C=C(/C=C(\C(=C)C#N)C(F)(F)F)SC#N. The highest BCUT2D eigenvalue weighted by Crippen LogP contribution is 2.32. The first-order valence-electron chi connectivity index (χ1n) is 3.46. The molecule has 0 radical (unpaired) electrons. The molecule has 0 aromatic carbocycles. The maximum atomic E-state index is 12.3. The molecule has 2 nitrogen and oxygen atoms in total. The van der Waals surface area contributed by atoms with Crippen LogP contribution in [-0.4, -0.2) is 6.18 Å². The lowest BCUT2D eigenvalue weighted by molar-refractivity contribution is -0.0888. The fourth-order valence-electron chi connectivity index (χ4n) is 0.649. The van der Waals surface area contributed by atoms with Crippen molar-refractivity contribution in [2.75, 3.05) is 0 Å². The van der Waals surface area contributed by atoms with Crippen LogP contribution in [0.1, 0.15) is 0 Å². The van der Waals surface area contributed by atoms with E-state index in [2.05, 4.69) is 13.2 Å². The molecule has 78 valence electrons. The van der Waals surface area contributed by atoms with E-state index in [1.54, 1.807) is 5.40 Å². The van der Waals surface area contributed by atoms with Gasteiger partial charge in [0.15, 0.2) is 0 Å². The van der Waals surface area contributed by atoms with Gasteiger partial charge in [-0.3, -0.25) is 0 Å². The number of halogens is 3. The van der Waals surface area contributed by atoms with Gasteiger partial charge >= 0.3 is 6.18 Å². The van der Waals surface area contributed by atoms with Crippen molar-refractivity contribution in [2.24, 2.45) is 0 Å². The molecule has 0 fully saturated rings. The third kappa shape index (κ3) is 4.39. The number of hydrogen-bond acceptors (Lipinski definition) is 3. The summed E-state index contributed by atoms with van der Waals surface area (Å²) in [7, 11) is 0. The largest absolute Gasteiger partial charge is 0.417 e. The van der Waals surface area contributed by atoms with Crippen LogP contribution in [0.3, 0.4) is 0 Å². The van der Waals surface area contributed by atoms with Crippen LogP contribution in [-0.2, 0) is 0 Å². The molecule has 0 atom stereocenters. The zero-order valence-corrected chi connectivity index (χ0v) is 8.24. The van der Waals surface area contributed by atoms with Gasteiger partial charge in [0, 0.05) is 4.91 Å². The quantitative estimate of drug-likeness (QED) is 0.424. The summed E-state index contributed by atoms with van der Waals surface area (Å²) in [4.78, 5) is -0.0961. The Bertz CT molecular complexity index is 393. The van der Waals surface area contributed by atoms with Gasteiger partial charge in [-0.2, -0.15) is 23.7 Å². The molecule has 0 unspecified atom stereocenters. The topological polar surface area (TPSA) is 47.6 Å². The first kappa shape index (κ1) is 13.3. The zero-order valence-electron chi connectivity index (χ0n) is 7.43. The molecule has 0 aliphatic rings. The van der Waals surface area contributed by atoms with Crippen molar-refractivity contribution in [1.29, 1.82) is 10.5 Å². The van der Waals surface area contributed by atoms with Crippen molar-refractivity contribution in [1.82, 2.24) is 0 Å². The Balaban J connectivity index is 5.17. The summed E-state index contributed by atoms with van der Waals surface area (Å²) < 4.78 is 37.0. The summed E-state index contributed by atoms with van der Waals surface area (Å²) in [5.41, 5.74) is -1.89. The summed E-state index contributed by atoms with van der Waals surface area (Å²) in [6.07, 6.45) is -4.05. The summed E-state index contributed by atoms with van der Waals surface area (Å²) in [5, 5.41) is 18.1. The summed E-state index contributed by atoms with van der Waals surface area (Å²) in [5.74, 6) is 0. The first-order valence-corrected chi connectivity index (χ1v) is 4.27. The second-order valence-electron chi connectivity index (χ2n) is 2.31. The third-order valence-corrected chi connectivity index (χ3v) is 1.72. The lowest BCUT2D eigenvalue weighted by Crippen LogP contribution is -2.13. The van der Waals surface area contributed by atoms with E-state index in [0.717, 1.165) is 0 Å². The Kier molecular flexibility index (Phi) is 4.69. The van der Waals surface area contributed by atoms with Crippen LogP contribution in [0.4, 0.5) is 13.2 Å². The third-order valence-electron chi connectivity index (χ3n) is 1.25. The predicted octanol–water partition coefficient (Wildman–Crippen LogP) is 3.28. The second-order valence-corrected chi connectivity index (χ2v) is 3.22. The molecular formula is C9H5F3N2S. The Hall–Kier alpha value is -1.66. The Labute approximate surface area is 89.0 Å². The van der Waals surface area contributed by atoms with Gasteiger partial charge in [0.2, 0.25) is 0 Å². The number of thioether (sulfide) groups is 1. The number of nitrogens with zero attached hydrogens (tertiary/aromatic N) is 2. The summed E-state index contributed by atoms with van der Waals surface area (Å²) in [6.45, 7) is 6.20. The minimum Gasteiger partial charge on any atom is -0.192 e. The minimum absolute atomic E-state index is 0.0961. The van der Waals surface area contributed by atoms with Gasteiger partial charge in [-0.25, -0.2) is 0 Å². The van der Waals surface area contributed by atoms with E-state index < -0.39 is 17.3 Å². The Morgan fingerprint density at radius 3 is 2.13 bits per heavy atom. The van der Waals surface area contributed by atoms with Crippen LogP contribution in [0, 0.1) is 22.0 Å². The monoisotopic (exact) mass is 230 g/mol. The smallest absolute Gasteiger partial charge is 0.192 e. The number of thiocyanates is 1. The average Bonchev–Trinajstić information content (AvgIpc) is 2.12. The van der Waals surface area contributed by atoms with Gasteiger partial charge in [0.05, 0.1) is 17.2 Å². The van der Waals surface area contributed by atoms with E-state index in [-0.39, 0.29) is 4.91 Å². The van der Waals surface area contributed by atoms with E-state index in [4.69, 9.17) is 10.5 Å². The highest BCUT2D eigenvalue weighted by atomic mass is 32.2. The molecule has 0 amide bonds. The summed E-state index contributed by atoms with van der Waals surface area (Å²) in [6, 6.07) is 1.30. The first-order chi connectivity index (χ1) is 6.82.